The van der Waals surface area contributed by atoms with Gasteiger partial charge in [0.1, 0.15) is 5.82 Å². The molecule has 0 fully saturated rings. The quantitative estimate of drug-likeness (QED) is 0.781. The first-order valence-electron chi connectivity index (χ1n) is 3.91. The molecule has 0 amide bonds. The lowest BCUT2D eigenvalue weighted by Crippen LogP contribution is -2.03. The highest BCUT2D eigenvalue weighted by atomic mass is 35.5. The number of rotatable bonds is 4. The van der Waals surface area contributed by atoms with Gasteiger partial charge in [-0.2, -0.15) is 11.8 Å². The smallest absolute Gasteiger partial charge is 0.126 e. The second kappa shape index (κ2) is 5.35. The van der Waals surface area contributed by atoms with Gasteiger partial charge in [-0.05, 0) is 24.5 Å². The lowest BCUT2D eigenvalue weighted by Gasteiger charge is -2.05. The highest BCUT2D eigenvalue weighted by molar-refractivity contribution is 7.98. The van der Waals surface area contributed by atoms with Crippen molar-refractivity contribution in [3.05, 3.63) is 29.0 Å². The number of nitrogens with one attached hydrogen (secondary N) is 1. The van der Waals surface area contributed by atoms with Gasteiger partial charge in [-0.25, -0.2) is 4.39 Å². The molecule has 0 saturated carbocycles. The Kier molecular flexibility index (Phi) is 4.39. The number of thioether (sulfide) groups is 1. The van der Waals surface area contributed by atoms with E-state index in [9.17, 15) is 4.39 Å². The summed E-state index contributed by atoms with van der Waals surface area (Å²) in [6.45, 7) is 0.820. The van der Waals surface area contributed by atoms with E-state index in [0.29, 0.717) is 5.02 Å². The SMILES string of the molecule is CSCCNc1cc(F)cc(Cl)c1. The number of halogens is 2. The summed E-state index contributed by atoms with van der Waals surface area (Å²) in [6, 6.07) is 4.44. The number of anilines is 1. The van der Waals surface area contributed by atoms with Crippen molar-refractivity contribution in [3.8, 4) is 0 Å². The van der Waals surface area contributed by atoms with Crippen LogP contribution in [0.1, 0.15) is 0 Å². The van der Waals surface area contributed by atoms with E-state index in [1.54, 1.807) is 17.8 Å². The lowest BCUT2D eigenvalue weighted by molar-refractivity contribution is 0.628. The molecule has 0 radical (unpaired) electrons. The Balaban J connectivity index is 2.56. The van der Waals surface area contributed by atoms with Crippen molar-refractivity contribution in [2.75, 3.05) is 23.9 Å². The van der Waals surface area contributed by atoms with Gasteiger partial charge < -0.3 is 5.32 Å². The van der Waals surface area contributed by atoms with Gasteiger partial charge in [0.25, 0.3) is 0 Å². The van der Waals surface area contributed by atoms with Crippen LogP contribution in [-0.2, 0) is 0 Å². The molecule has 0 bridgehead atoms. The second-order valence-electron chi connectivity index (χ2n) is 2.58. The van der Waals surface area contributed by atoms with Gasteiger partial charge in [-0.1, -0.05) is 11.6 Å². The van der Waals surface area contributed by atoms with Crippen LogP contribution in [0, 0.1) is 5.82 Å². The van der Waals surface area contributed by atoms with Crippen LogP contribution in [0.15, 0.2) is 18.2 Å². The summed E-state index contributed by atoms with van der Waals surface area (Å²) in [5.74, 6) is 0.688. The molecule has 0 aliphatic carbocycles. The zero-order valence-electron chi connectivity index (χ0n) is 7.31. The van der Waals surface area contributed by atoms with Crippen LogP contribution in [0.4, 0.5) is 10.1 Å². The fourth-order valence-corrected chi connectivity index (χ4v) is 1.48. The van der Waals surface area contributed by atoms with Gasteiger partial charge in [-0.3, -0.25) is 0 Å². The molecule has 0 spiro atoms. The minimum atomic E-state index is -0.306. The third-order valence-corrected chi connectivity index (χ3v) is 2.33. The van der Waals surface area contributed by atoms with Gasteiger partial charge in [0.2, 0.25) is 0 Å². The summed E-state index contributed by atoms with van der Waals surface area (Å²) in [5, 5.41) is 3.50. The molecule has 0 aliphatic rings. The summed E-state index contributed by atoms with van der Waals surface area (Å²) in [5.41, 5.74) is 0.735. The summed E-state index contributed by atoms with van der Waals surface area (Å²) in [6.07, 6.45) is 2.03. The third kappa shape index (κ3) is 3.87. The normalized spacial score (nSPS) is 10.1. The maximum Gasteiger partial charge on any atom is 0.126 e. The zero-order valence-corrected chi connectivity index (χ0v) is 8.88. The van der Waals surface area contributed by atoms with Crippen molar-refractivity contribution in [1.82, 2.24) is 0 Å². The predicted molar refractivity (Wildman–Crippen MR) is 58.3 cm³/mol. The molecule has 0 saturated heterocycles. The maximum atomic E-state index is 12.8. The highest BCUT2D eigenvalue weighted by Gasteiger charge is 1.97. The predicted octanol–water partition coefficient (Wildman–Crippen LogP) is 3.25. The monoisotopic (exact) mass is 219 g/mol. The number of hydrogen-bond donors (Lipinski definition) is 1. The van der Waals surface area contributed by atoms with Crippen LogP contribution in [0.2, 0.25) is 5.02 Å². The Labute approximate surface area is 86.7 Å². The maximum absolute atomic E-state index is 12.8. The molecule has 72 valence electrons. The van der Waals surface area contributed by atoms with Crippen LogP contribution in [0.3, 0.4) is 0 Å². The summed E-state index contributed by atoms with van der Waals surface area (Å²) >= 11 is 7.42. The first-order chi connectivity index (χ1) is 6.22. The minimum absolute atomic E-state index is 0.306. The second-order valence-corrected chi connectivity index (χ2v) is 4.00. The first kappa shape index (κ1) is 10.7. The molecule has 0 unspecified atom stereocenters. The molecule has 13 heavy (non-hydrogen) atoms. The van der Waals surface area contributed by atoms with Gasteiger partial charge in [-0.15, -0.1) is 0 Å². The van der Waals surface area contributed by atoms with Crippen LogP contribution in [-0.4, -0.2) is 18.6 Å². The topological polar surface area (TPSA) is 12.0 Å². The van der Waals surface area contributed by atoms with Crippen LogP contribution < -0.4 is 5.32 Å². The summed E-state index contributed by atoms with van der Waals surface area (Å²) < 4.78 is 12.8. The molecule has 1 rings (SSSR count). The molecule has 0 aromatic heterocycles. The Morgan fingerprint density at radius 1 is 1.46 bits per heavy atom. The fourth-order valence-electron chi connectivity index (χ4n) is 0.953. The Hall–Kier alpha value is -0.410. The Morgan fingerprint density at radius 3 is 2.85 bits per heavy atom. The molecule has 1 N–H and O–H groups in total. The number of benzene rings is 1. The molecule has 0 heterocycles. The van der Waals surface area contributed by atoms with E-state index in [1.807, 2.05) is 6.26 Å². The van der Waals surface area contributed by atoms with E-state index in [0.717, 1.165) is 18.0 Å². The third-order valence-electron chi connectivity index (χ3n) is 1.50. The van der Waals surface area contributed by atoms with Crippen LogP contribution in [0.25, 0.3) is 0 Å². The average molecular weight is 220 g/mol. The van der Waals surface area contributed by atoms with Crippen molar-refractivity contribution in [2.24, 2.45) is 0 Å². The largest absolute Gasteiger partial charge is 0.384 e. The highest BCUT2D eigenvalue weighted by Crippen LogP contribution is 2.17. The van der Waals surface area contributed by atoms with E-state index < -0.39 is 0 Å². The summed E-state index contributed by atoms with van der Waals surface area (Å²) in [7, 11) is 0. The van der Waals surface area contributed by atoms with Crippen molar-refractivity contribution in [3.63, 3.8) is 0 Å². The standard InChI is InChI=1S/C9H11ClFNS/c1-13-3-2-12-9-5-7(10)4-8(11)6-9/h4-6,12H,2-3H2,1H3. The molecule has 4 heteroatoms. The van der Waals surface area contributed by atoms with E-state index in [1.165, 1.54) is 12.1 Å². The molecule has 0 aliphatic heterocycles. The molecule has 1 nitrogen and oxygen atoms in total. The van der Waals surface area contributed by atoms with E-state index in [2.05, 4.69) is 5.32 Å². The summed E-state index contributed by atoms with van der Waals surface area (Å²) in [4.78, 5) is 0. The van der Waals surface area contributed by atoms with Gasteiger partial charge in [0, 0.05) is 23.0 Å². The molecule has 1 aromatic carbocycles. The molecular weight excluding hydrogens is 209 g/mol. The van der Waals surface area contributed by atoms with E-state index >= 15 is 0 Å². The van der Waals surface area contributed by atoms with Crippen molar-refractivity contribution in [1.29, 1.82) is 0 Å². The molecule has 0 atom stereocenters. The lowest BCUT2D eigenvalue weighted by atomic mass is 10.3. The average Bonchev–Trinajstić information content (AvgIpc) is 2.03. The van der Waals surface area contributed by atoms with Crippen LogP contribution in [0.5, 0.6) is 0 Å². The van der Waals surface area contributed by atoms with Gasteiger partial charge in [0.05, 0.1) is 0 Å². The van der Waals surface area contributed by atoms with Crippen molar-refractivity contribution >= 4 is 29.1 Å². The van der Waals surface area contributed by atoms with Gasteiger partial charge in [0.15, 0.2) is 0 Å². The van der Waals surface area contributed by atoms with E-state index in [-0.39, 0.29) is 5.82 Å². The van der Waals surface area contributed by atoms with E-state index in [4.69, 9.17) is 11.6 Å². The molecule has 1 aromatic rings. The van der Waals surface area contributed by atoms with Gasteiger partial charge >= 0.3 is 0 Å². The van der Waals surface area contributed by atoms with Crippen molar-refractivity contribution in [2.45, 2.75) is 0 Å². The fraction of sp³-hybridized carbons (Fsp3) is 0.333. The van der Waals surface area contributed by atoms with Crippen molar-refractivity contribution < 1.29 is 4.39 Å². The first-order valence-corrected chi connectivity index (χ1v) is 5.68. The minimum Gasteiger partial charge on any atom is -0.384 e. The number of hydrogen-bond acceptors (Lipinski definition) is 2. The Morgan fingerprint density at radius 2 is 2.23 bits per heavy atom. The Bertz CT molecular complexity index is 260. The molecular formula is C9H11ClFNS. The zero-order chi connectivity index (χ0) is 9.68. The van der Waals surface area contributed by atoms with Crippen LogP contribution >= 0.6 is 23.4 Å².